The van der Waals surface area contributed by atoms with Crippen LogP contribution in [0.2, 0.25) is 5.02 Å². The molecule has 2 aliphatic rings. The second-order valence-corrected chi connectivity index (χ2v) is 7.25. The minimum absolute atomic E-state index is 0.163. The van der Waals surface area contributed by atoms with Gasteiger partial charge in [0.1, 0.15) is 0 Å². The van der Waals surface area contributed by atoms with E-state index in [0.29, 0.717) is 27.2 Å². The van der Waals surface area contributed by atoms with Gasteiger partial charge in [0.05, 0.1) is 22.2 Å². The third-order valence-corrected chi connectivity index (χ3v) is 5.46. The first-order chi connectivity index (χ1) is 12.6. The Bertz CT molecular complexity index is 1130. The first kappa shape index (κ1) is 15.6. The van der Waals surface area contributed by atoms with Crippen LogP contribution in [-0.4, -0.2) is 28.4 Å². The number of hydrogen-bond donors (Lipinski definition) is 0. The fraction of sp³-hybridized carbons (Fsp3) is 0.250. The van der Waals surface area contributed by atoms with Crippen molar-refractivity contribution in [2.45, 2.75) is 19.3 Å². The summed E-state index contributed by atoms with van der Waals surface area (Å²) in [7, 11) is 0. The van der Waals surface area contributed by atoms with E-state index in [1.807, 2.05) is 18.2 Å². The summed E-state index contributed by atoms with van der Waals surface area (Å²) in [5.41, 5.74) is 2.38. The van der Waals surface area contributed by atoms with Crippen LogP contribution in [0.15, 0.2) is 41.2 Å². The molecule has 0 N–H and O–H groups in total. The number of carbonyl (C=O) groups is 1. The first-order valence-electron chi connectivity index (χ1n) is 8.80. The second-order valence-electron chi connectivity index (χ2n) is 6.82. The number of halogens is 1. The molecule has 2 aliphatic heterocycles. The van der Waals surface area contributed by atoms with Gasteiger partial charge in [0.2, 0.25) is 5.78 Å². The Morgan fingerprint density at radius 3 is 2.58 bits per heavy atom. The zero-order valence-corrected chi connectivity index (χ0v) is 14.8. The average molecular weight is 366 g/mol. The van der Waals surface area contributed by atoms with Crippen molar-refractivity contribution in [2.75, 3.05) is 18.0 Å². The Labute approximate surface area is 154 Å². The van der Waals surface area contributed by atoms with Crippen molar-refractivity contribution in [3.05, 3.63) is 63.2 Å². The Morgan fingerprint density at radius 1 is 0.962 bits per heavy atom. The number of benzene rings is 2. The first-order valence-corrected chi connectivity index (χ1v) is 9.18. The zero-order chi connectivity index (χ0) is 17.8. The molecule has 1 aromatic heterocycles. The lowest BCUT2D eigenvalue weighted by molar-refractivity contribution is 0.103. The van der Waals surface area contributed by atoms with E-state index in [9.17, 15) is 9.59 Å². The van der Waals surface area contributed by atoms with Gasteiger partial charge in [0.15, 0.2) is 5.82 Å². The minimum Gasteiger partial charge on any atom is -0.371 e. The van der Waals surface area contributed by atoms with E-state index >= 15 is 0 Å². The molecule has 130 valence electrons. The lowest BCUT2D eigenvalue weighted by atomic mass is 10.1. The van der Waals surface area contributed by atoms with E-state index in [4.69, 9.17) is 11.6 Å². The van der Waals surface area contributed by atoms with E-state index in [0.717, 1.165) is 18.8 Å². The van der Waals surface area contributed by atoms with Crippen LogP contribution in [0.25, 0.3) is 16.6 Å². The van der Waals surface area contributed by atoms with Crippen LogP contribution in [0, 0.1) is 0 Å². The Morgan fingerprint density at radius 2 is 1.77 bits per heavy atom. The van der Waals surface area contributed by atoms with E-state index in [1.54, 1.807) is 18.2 Å². The molecule has 5 nitrogen and oxygen atoms in total. The highest BCUT2D eigenvalue weighted by Gasteiger charge is 2.30. The van der Waals surface area contributed by atoms with E-state index in [1.165, 1.54) is 23.8 Å². The molecule has 0 bridgehead atoms. The van der Waals surface area contributed by atoms with Gasteiger partial charge < -0.3 is 4.90 Å². The van der Waals surface area contributed by atoms with Crippen molar-refractivity contribution in [3.8, 4) is 5.69 Å². The van der Waals surface area contributed by atoms with Crippen LogP contribution in [0.3, 0.4) is 0 Å². The highest BCUT2D eigenvalue weighted by molar-refractivity contribution is 6.31. The molecule has 5 rings (SSSR count). The number of aromatic nitrogens is 2. The van der Waals surface area contributed by atoms with E-state index in [2.05, 4.69) is 9.88 Å². The van der Waals surface area contributed by atoms with Gasteiger partial charge in [-0.3, -0.25) is 14.2 Å². The van der Waals surface area contributed by atoms with Crippen molar-refractivity contribution in [2.24, 2.45) is 0 Å². The fourth-order valence-corrected chi connectivity index (χ4v) is 4.08. The number of anilines is 1. The summed E-state index contributed by atoms with van der Waals surface area (Å²) in [6.45, 7) is 2.02. The van der Waals surface area contributed by atoms with Crippen molar-refractivity contribution in [3.63, 3.8) is 0 Å². The quantitative estimate of drug-likeness (QED) is 0.517. The monoisotopic (exact) mass is 365 g/mol. The second kappa shape index (κ2) is 5.68. The molecule has 0 saturated carbocycles. The molecule has 0 aliphatic carbocycles. The molecule has 0 spiro atoms. The number of piperidine rings is 1. The summed E-state index contributed by atoms with van der Waals surface area (Å²) in [4.78, 5) is 32.6. The maximum absolute atomic E-state index is 13.0. The highest BCUT2D eigenvalue weighted by atomic mass is 35.5. The van der Waals surface area contributed by atoms with Gasteiger partial charge >= 0.3 is 0 Å². The third-order valence-electron chi connectivity index (χ3n) is 5.22. The normalized spacial score (nSPS) is 16.0. The highest BCUT2D eigenvalue weighted by Crippen LogP contribution is 2.30. The van der Waals surface area contributed by atoms with Gasteiger partial charge in [-0.05, 0) is 55.7 Å². The minimum atomic E-state index is -0.259. The number of fused-ring (bicyclic) bond motifs is 4. The molecule has 6 heteroatoms. The Balaban J connectivity index is 1.71. The van der Waals surface area contributed by atoms with Crippen LogP contribution in [-0.2, 0) is 0 Å². The van der Waals surface area contributed by atoms with Gasteiger partial charge in [0.25, 0.3) is 5.56 Å². The number of nitrogens with zero attached hydrogens (tertiary/aromatic N) is 3. The molecule has 1 saturated heterocycles. The van der Waals surface area contributed by atoms with Crippen LogP contribution < -0.4 is 10.5 Å². The maximum Gasteiger partial charge on any atom is 0.266 e. The largest absolute Gasteiger partial charge is 0.371 e. The predicted octanol–water partition coefficient (Wildman–Crippen LogP) is 3.57. The molecule has 2 aromatic carbocycles. The standard InChI is InChI=1S/C20H16ClN3O2/c21-12-4-7-17-15(10-12)18(25)19-22-16-11-13(23-8-2-1-3-9-23)5-6-14(16)20(26)24(17)19/h4-7,10-11H,1-3,8-9H2. The molecule has 0 radical (unpaired) electrons. The molecular weight excluding hydrogens is 350 g/mol. The third kappa shape index (κ3) is 2.20. The molecule has 0 atom stereocenters. The number of carbonyl (C=O) groups excluding carboxylic acids is 1. The van der Waals surface area contributed by atoms with Crippen LogP contribution >= 0.6 is 11.6 Å². The average Bonchev–Trinajstić information content (AvgIpc) is 2.94. The van der Waals surface area contributed by atoms with Crippen molar-refractivity contribution in [1.82, 2.24) is 9.55 Å². The summed E-state index contributed by atoms with van der Waals surface area (Å²) in [6.07, 6.45) is 3.60. The van der Waals surface area contributed by atoms with Crippen LogP contribution in [0.1, 0.15) is 35.4 Å². The summed E-state index contributed by atoms with van der Waals surface area (Å²) in [6, 6.07) is 10.7. The van der Waals surface area contributed by atoms with Crippen molar-refractivity contribution >= 4 is 34.0 Å². The topological polar surface area (TPSA) is 55.2 Å². The predicted molar refractivity (Wildman–Crippen MR) is 102 cm³/mol. The van der Waals surface area contributed by atoms with Crippen LogP contribution in [0.4, 0.5) is 5.69 Å². The van der Waals surface area contributed by atoms with Crippen molar-refractivity contribution in [1.29, 1.82) is 0 Å². The Kier molecular flexibility index (Phi) is 3.40. The number of rotatable bonds is 1. The molecule has 1 fully saturated rings. The van der Waals surface area contributed by atoms with Gasteiger partial charge in [0, 0.05) is 23.8 Å². The SMILES string of the molecule is O=C1c2cc(Cl)ccc2-n2c1nc1cc(N3CCCCC3)ccc1c2=O. The van der Waals surface area contributed by atoms with Gasteiger partial charge in [-0.1, -0.05) is 11.6 Å². The number of hydrogen-bond acceptors (Lipinski definition) is 4. The summed E-state index contributed by atoms with van der Waals surface area (Å²) >= 11 is 6.02. The van der Waals surface area contributed by atoms with Gasteiger partial charge in [-0.15, -0.1) is 0 Å². The molecular formula is C20H16ClN3O2. The molecule has 0 unspecified atom stereocenters. The molecule has 0 amide bonds. The lowest BCUT2D eigenvalue weighted by Crippen LogP contribution is -2.29. The summed E-state index contributed by atoms with van der Waals surface area (Å²) in [5, 5.41) is 0.986. The van der Waals surface area contributed by atoms with Gasteiger partial charge in [-0.2, -0.15) is 0 Å². The van der Waals surface area contributed by atoms with Gasteiger partial charge in [-0.25, -0.2) is 4.98 Å². The molecule has 3 aromatic rings. The maximum atomic E-state index is 13.0. The number of ketones is 1. The zero-order valence-electron chi connectivity index (χ0n) is 14.0. The lowest BCUT2D eigenvalue weighted by Gasteiger charge is -2.28. The van der Waals surface area contributed by atoms with E-state index in [-0.39, 0.29) is 17.2 Å². The molecule has 26 heavy (non-hydrogen) atoms. The van der Waals surface area contributed by atoms with E-state index < -0.39 is 0 Å². The fourth-order valence-electron chi connectivity index (χ4n) is 3.90. The molecule has 3 heterocycles. The smallest absolute Gasteiger partial charge is 0.266 e. The van der Waals surface area contributed by atoms with Crippen molar-refractivity contribution < 1.29 is 4.79 Å². The van der Waals surface area contributed by atoms with Crippen LogP contribution in [0.5, 0.6) is 0 Å². The summed E-state index contributed by atoms with van der Waals surface area (Å²) in [5.74, 6) is -0.0968. The Hall–Kier alpha value is -2.66. The summed E-state index contributed by atoms with van der Waals surface area (Å²) < 4.78 is 1.40.